The standard InChI is InChI=1S/C10H10N2O2S/c1-2-14-10(13)12-7-5-3-4-6-8(7)15-9(12)11/h3-6,11H,2H2,1H3. The summed E-state index contributed by atoms with van der Waals surface area (Å²) < 4.78 is 7.08. The van der Waals surface area contributed by atoms with Crippen LogP contribution in [0.4, 0.5) is 4.79 Å². The first-order chi connectivity index (χ1) is 7.24. The summed E-state index contributed by atoms with van der Waals surface area (Å²) >= 11 is 1.26. The maximum Gasteiger partial charge on any atom is 0.420 e. The maximum atomic E-state index is 11.6. The van der Waals surface area contributed by atoms with E-state index in [0.717, 1.165) is 10.2 Å². The zero-order chi connectivity index (χ0) is 10.8. The van der Waals surface area contributed by atoms with Crippen molar-refractivity contribution in [3.8, 4) is 0 Å². The lowest BCUT2D eigenvalue weighted by molar-refractivity contribution is 0.154. The molecule has 1 aromatic heterocycles. The molecule has 0 amide bonds. The lowest BCUT2D eigenvalue weighted by atomic mass is 10.3. The molecule has 0 aliphatic rings. The fourth-order valence-electron chi connectivity index (χ4n) is 1.36. The van der Waals surface area contributed by atoms with Gasteiger partial charge in [-0.3, -0.25) is 5.41 Å². The number of benzene rings is 1. The molecule has 0 fully saturated rings. The second-order valence-corrected chi connectivity index (χ2v) is 3.94. The average Bonchev–Trinajstić information content (AvgIpc) is 2.54. The van der Waals surface area contributed by atoms with Gasteiger partial charge in [0.05, 0.1) is 16.8 Å². The molecule has 0 unspecified atom stereocenters. The predicted octanol–water partition coefficient (Wildman–Crippen LogP) is 2.19. The number of nitrogens with one attached hydrogen (secondary N) is 1. The molecule has 1 heterocycles. The van der Waals surface area contributed by atoms with E-state index in [1.165, 1.54) is 15.9 Å². The van der Waals surface area contributed by atoms with Gasteiger partial charge in [0.15, 0.2) is 4.80 Å². The van der Waals surface area contributed by atoms with Crippen LogP contribution in [0.15, 0.2) is 24.3 Å². The zero-order valence-electron chi connectivity index (χ0n) is 8.19. The number of thiazole rings is 1. The molecule has 78 valence electrons. The molecule has 2 aromatic rings. The molecule has 0 aliphatic carbocycles. The molecule has 0 aliphatic heterocycles. The topological polar surface area (TPSA) is 55.1 Å². The summed E-state index contributed by atoms with van der Waals surface area (Å²) in [5.41, 5.74) is 0.728. The minimum atomic E-state index is -0.486. The number of para-hydroxylation sites is 1. The van der Waals surface area contributed by atoms with Crippen molar-refractivity contribution in [3.05, 3.63) is 29.1 Å². The Hall–Kier alpha value is -1.62. The quantitative estimate of drug-likeness (QED) is 0.804. The Balaban J connectivity index is 2.64. The van der Waals surface area contributed by atoms with Crippen molar-refractivity contribution < 1.29 is 9.53 Å². The number of nitrogens with zero attached hydrogens (tertiary/aromatic N) is 1. The molecule has 1 aromatic carbocycles. The van der Waals surface area contributed by atoms with E-state index in [4.69, 9.17) is 10.1 Å². The molecular weight excluding hydrogens is 212 g/mol. The van der Waals surface area contributed by atoms with Crippen molar-refractivity contribution in [2.75, 3.05) is 6.61 Å². The van der Waals surface area contributed by atoms with Gasteiger partial charge in [0.2, 0.25) is 0 Å². The van der Waals surface area contributed by atoms with Crippen molar-refractivity contribution in [2.24, 2.45) is 0 Å². The lowest BCUT2D eigenvalue weighted by Gasteiger charge is -2.02. The Labute approximate surface area is 90.2 Å². The third-order valence-electron chi connectivity index (χ3n) is 1.97. The van der Waals surface area contributed by atoms with Crippen LogP contribution in [-0.2, 0) is 4.74 Å². The highest BCUT2D eigenvalue weighted by molar-refractivity contribution is 7.16. The molecule has 0 saturated heterocycles. The van der Waals surface area contributed by atoms with Crippen LogP contribution in [0, 0.1) is 5.41 Å². The summed E-state index contributed by atoms with van der Waals surface area (Å²) in [5, 5.41) is 7.69. The molecule has 0 saturated carbocycles. The molecule has 0 bridgehead atoms. The monoisotopic (exact) mass is 222 g/mol. The smallest absolute Gasteiger partial charge is 0.420 e. The van der Waals surface area contributed by atoms with Gasteiger partial charge < -0.3 is 4.74 Å². The van der Waals surface area contributed by atoms with Gasteiger partial charge in [0.1, 0.15) is 0 Å². The Bertz CT molecular complexity index is 556. The minimum absolute atomic E-state index is 0.189. The minimum Gasteiger partial charge on any atom is -0.449 e. The largest absolute Gasteiger partial charge is 0.449 e. The summed E-state index contributed by atoms with van der Waals surface area (Å²) in [6.45, 7) is 2.06. The molecule has 15 heavy (non-hydrogen) atoms. The fraction of sp³-hybridized carbons (Fsp3) is 0.200. The highest BCUT2D eigenvalue weighted by atomic mass is 32.1. The Morgan fingerprint density at radius 2 is 2.27 bits per heavy atom. The van der Waals surface area contributed by atoms with Gasteiger partial charge in [-0.1, -0.05) is 23.5 Å². The Kier molecular flexibility index (Phi) is 2.55. The summed E-state index contributed by atoms with van der Waals surface area (Å²) in [7, 11) is 0. The number of aromatic nitrogens is 1. The van der Waals surface area contributed by atoms with Gasteiger partial charge >= 0.3 is 6.09 Å². The lowest BCUT2D eigenvalue weighted by Crippen LogP contribution is -2.23. The van der Waals surface area contributed by atoms with Gasteiger partial charge in [0, 0.05) is 0 Å². The van der Waals surface area contributed by atoms with Crippen LogP contribution in [0.2, 0.25) is 0 Å². The second kappa shape index (κ2) is 3.86. The number of rotatable bonds is 1. The van der Waals surface area contributed by atoms with E-state index in [9.17, 15) is 4.79 Å². The van der Waals surface area contributed by atoms with Gasteiger partial charge in [0.25, 0.3) is 0 Å². The number of fused-ring (bicyclic) bond motifs is 1. The van der Waals surface area contributed by atoms with E-state index in [2.05, 4.69) is 0 Å². The van der Waals surface area contributed by atoms with E-state index in [-0.39, 0.29) is 4.80 Å². The number of carbonyl (C=O) groups is 1. The van der Waals surface area contributed by atoms with Crippen LogP contribution in [0.5, 0.6) is 0 Å². The van der Waals surface area contributed by atoms with E-state index in [1.54, 1.807) is 13.0 Å². The van der Waals surface area contributed by atoms with Crippen LogP contribution in [0.1, 0.15) is 6.92 Å². The van der Waals surface area contributed by atoms with Crippen LogP contribution < -0.4 is 4.80 Å². The molecule has 1 N–H and O–H groups in total. The van der Waals surface area contributed by atoms with E-state index >= 15 is 0 Å². The zero-order valence-corrected chi connectivity index (χ0v) is 9.00. The van der Waals surface area contributed by atoms with Gasteiger partial charge in [-0.25, -0.2) is 9.36 Å². The molecule has 0 spiro atoms. The predicted molar refractivity (Wildman–Crippen MR) is 58.1 cm³/mol. The third kappa shape index (κ3) is 1.66. The molecule has 0 radical (unpaired) electrons. The van der Waals surface area contributed by atoms with Gasteiger partial charge in [-0.15, -0.1) is 0 Å². The number of hydrogen-bond donors (Lipinski definition) is 1. The summed E-state index contributed by atoms with van der Waals surface area (Å²) in [4.78, 5) is 11.8. The number of hydrogen-bond acceptors (Lipinski definition) is 4. The first-order valence-electron chi connectivity index (χ1n) is 4.56. The van der Waals surface area contributed by atoms with E-state index < -0.39 is 6.09 Å². The highest BCUT2D eigenvalue weighted by Gasteiger charge is 2.12. The maximum absolute atomic E-state index is 11.6. The molecule has 4 nitrogen and oxygen atoms in total. The Morgan fingerprint density at radius 3 is 3.00 bits per heavy atom. The van der Waals surface area contributed by atoms with Gasteiger partial charge in [-0.05, 0) is 19.1 Å². The molecule has 0 atom stereocenters. The number of carbonyl (C=O) groups excluding carboxylic acids is 1. The van der Waals surface area contributed by atoms with Crippen molar-refractivity contribution in [2.45, 2.75) is 6.92 Å². The highest BCUT2D eigenvalue weighted by Crippen LogP contribution is 2.16. The van der Waals surface area contributed by atoms with Crippen molar-refractivity contribution in [3.63, 3.8) is 0 Å². The van der Waals surface area contributed by atoms with Crippen molar-refractivity contribution in [1.82, 2.24) is 4.57 Å². The summed E-state index contributed by atoms with van der Waals surface area (Å²) in [6.07, 6.45) is -0.486. The summed E-state index contributed by atoms with van der Waals surface area (Å²) in [5.74, 6) is 0. The average molecular weight is 222 g/mol. The summed E-state index contributed by atoms with van der Waals surface area (Å²) in [6, 6.07) is 7.41. The SMILES string of the molecule is CCOC(=O)n1c(=N)sc2ccccc21. The van der Waals surface area contributed by atoms with Crippen LogP contribution in [0.3, 0.4) is 0 Å². The fourth-order valence-corrected chi connectivity index (χ4v) is 2.24. The molecule has 5 heteroatoms. The van der Waals surface area contributed by atoms with Crippen LogP contribution >= 0.6 is 11.3 Å². The normalized spacial score (nSPS) is 10.5. The molecular formula is C10H10N2O2S. The van der Waals surface area contributed by atoms with Crippen LogP contribution in [-0.4, -0.2) is 17.3 Å². The Morgan fingerprint density at radius 1 is 1.53 bits per heavy atom. The van der Waals surface area contributed by atoms with Crippen molar-refractivity contribution >= 4 is 27.6 Å². The number of ether oxygens (including phenoxy) is 1. The second-order valence-electron chi connectivity index (χ2n) is 2.91. The van der Waals surface area contributed by atoms with E-state index in [1.807, 2.05) is 18.2 Å². The first kappa shape index (κ1) is 9.92. The van der Waals surface area contributed by atoms with Crippen LogP contribution in [0.25, 0.3) is 10.2 Å². The first-order valence-corrected chi connectivity index (χ1v) is 5.38. The third-order valence-corrected chi connectivity index (χ3v) is 2.91. The molecule has 2 rings (SSSR count). The van der Waals surface area contributed by atoms with Gasteiger partial charge in [-0.2, -0.15) is 0 Å². The van der Waals surface area contributed by atoms with E-state index in [0.29, 0.717) is 6.61 Å². The van der Waals surface area contributed by atoms with Crippen molar-refractivity contribution in [1.29, 1.82) is 5.41 Å².